The third-order valence-electron chi connectivity index (χ3n) is 8.93. The molecule has 0 bridgehead atoms. The third kappa shape index (κ3) is 3.24. The van der Waals surface area contributed by atoms with Crippen molar-refractivity contribution in [3.8, 4) is 16.8 Å². The van der Waals surface area contributed by atoms with Crippen LogP contribution < -0.4 is 5.46 Å². The van der Waals surface area contributed by atoms with Crippen LogP contribution in [0, 0.1) is 0 Å². The monoisotopic (exact) mass is 524 g/mol. The highest BCUT2D eigenvalue weighted by Crippen LogP contribution is 2.59. The molecule has 1 radical (unpaired) electrons. The summed E-state index contributed by atoms with van der Waals surface area (Å²) in [6.45, 7) is 4.76. The van der Waals surface area contributed by atoms with Crippen LogP contribution in [-0.4, -0.2) is 17.1 Å². The number of hydrogen-bond donors (Lipinski definition) is 1. The molecule has 1 aromatic heterocycles. The second kappa shape index (κ2) is 9.09. The lowest BCUT2D eigenvalue weighted by molar-refractivity contribution is 0.615. The van der Waals surface area contributed by atoms with E-state index in [1.807, 2.05) is 12.1 Å². The van der Waals surface area contributed by atoms with E-state index >= 15 is 0 Å². The van der Waals surface area contributed by atoms with Crippen LogP contribution in [0.25, 0.3) is 38.6 Å². The van der Waals surface area contributed by atoms with Gasteiger partial charge in [-0.1, -0.05) is 127 Å². The Bertz CT molecular complexity index is 2080. The van der Waals surface area contributed by atoms with Gasteiger partial charge in [0.15, 0.2) is 0 Å². The van der Waals surface area contributed by atoms with Gasteiger partial charge in [-0.3, -0.25) is 0 Å². The zero-order valence-electron chi connectivity index (χ0n) is 22.6. The highest BCUT2D eigenvalue weighted by Gasteiger charge is 2.48. The van der Waals surface area contributed by atoms with E-state index in [-0.39, 0.29) is 0 Å². The Morgan fingerprint density at radius 2 is 1.46 bits per heavy atom. The van der Waals surface area contributed by atoms with Crippen LogP contribution in [0.3, 0.4) is 0 Å². The average molecular weight is 524 g/mol. The summed E-state index contributed by atoms with van der Waals surface area (Å²) < 4.78 is 2.39. The molecule has 1 N–H and O–H groups in total. The highest BCUT2D eigenvalue weighted by molar-refractivity contribution is 6.45. The molecule has 1 heterocycles. The van der Waals surface area contributed by atoms with Gasteiger partial charge >= 0.3 is 7.48 Å². The van der Waals surface area contributed by atoms with Crippen molar-refractivity contribution in [2.24, 2.45) is 0 Å². The topological polar surface area (TPSA) is 25.2 Å². The third-order valence-corrected chi connectivity index (χ3v) is 8.93. The van der Waals surface area contributed by atoms with Crippen molar-refractivity contribution in [1.82, 2.24) is 4.57 Å². The fourth-order valence-corrected chi connectivity index (χ4v) is 7.24. The Morgan fingerprint density at radius 1 is 0.707 bits per heavy atom. The van der Waals surface area contributed by atoms with Gasteiger partial charge in [0.05, 0.1) is 16.4 Å². The van der Waals surface area contributed by atoms with Gasteiger partial charge in [-0.2, -0.15) is 0 Å². The summed E-state index contributed by atoms with van der Waals surface area (Å²) in [5.41, 5.74) is 12.4. The minimum atomic E-state index is -0.518. The van der Waals surface area contributed by atoms with E-state index in [2.05, 4.69) is 126 Å². The van der Waals surface area contributed by atoms with Gasteiger partial charge in [0.2, 0.25) is 0 Å². The van der Waals surface area contributed by atoms with E-state index in [4.69, 9.17) is 6.58 Å². The second-order valence-electron chi connectivity index (χ2n) is 10.9. The second-order valence-corrected chi connectivity index (χ2v) is 10.9. The lowest BCUT2D eigenvalue weighted by Gasteiger charge is -2.35. The molecule has 41 heavy (non-hydrogen) atoms. The zero-order chi connectivity index (χ0) is 27.6. The Balaban J connectivity index is 1.57. The molecule has 6 aromatic rings. The molecule has 1 spiro atoms. The van der Waals surface area contributed by atoms with Crippen molar-refractivity contribution >= 4 is 34.8 Å². The van der Waals surface area contributed by atoms with Gasteiger partial charge in [-0.25, -0.2) is 0 Å². The van der Waals surface area contributed by atoms with Crippen LogP contribution in [0.15, 0.2) is 146 Å². The Hall–Kier alpha value is -4.86. The van der Waals surface area contributed by atoms with Crippen molar-refractivity contribution < 1.29 is 5.02 Å². The first-order chi connectivity index (χ1) is 20.2. The summed E-state index contributed by atoms with van der Waals surface area (Å²) >= 11 is 0. The van der Waals surface area contributed by atoms with Crippen molar-refractivity contribution in [3.05, 3.63) is 168 Å². The van der Waals surface area contributed by atoms with E-state index < -0.39 is 5.41 Å². The number of rotatable bonds is 2. The SMILES string of the molecule is C=C1/C=C\C=C/Cc2ccccc2C12c1ccccc1-c1c2ccc2c3ccccc3n(-c3ccc([B]O)cc3)c12. The van der Waals surface area contributed by atoms with Crippen LogP contribution in [-0.2, 0) is 11.8 Å². The molecule has 1 atom stereocenters. The molecule has 0 fully saturated rings. The molecular weight excluding hydrogens is 497 g/mol. The summed E-state index contributed by atoms with van der Waals surface area (Å²) in [7, 11) is 1.15. The molecule has 2 nitrogen and oxygen atoms in total. The lowest BCUT2D eigenvalue weighted by Crippen LogP contribution is -2.29. The summed E-state index contributed by atoms with van der Waals surface area (Å²) in [5.74, 6) is 0. The molecule has 0 amide bonds. The number of benzene rings is 5. The molecule has 3 heteroatoms. The van der Waals surface area contributed by atoms with Gasteiger partial charge in [0.1, 0.15) is 0 Å². The highest BCUT2D eigenvalue weighted by atomic mass is 16.2. The number of hydrogen-bond acceptors (Lipinski definition) is 1. The molecule has 5 aromatic carbocycles. The maximum Gasteiger partial charge on any atom is 0.326 e. The average Bonchev–Trinajstić information content (AvgIpc) is 3.53. The quantitative estimate of drug-likeness (QED) is 0.233. The molecule has 2 aliphatic rings. The van der Waals surface area contributed by atoms with Crippen molar-refractivity contribution in [2.45, 2.75) is 11.8 Å². The number of allylic oxidation sites excluding steroid dienone is 5. The summed E-state index contributed by atoms with van der Waals surface area (Å²) in [6, 6.07) is 39.1. The normalized spacial score (nSPS) is 18.8. The summed E-state index contributed by atoms with van der Waals surface area (Å²) in [4.78, 5) is 0. The predicted molar refractivity (Wildman–Crippen MR) is 171 cm³/mol. The number of aromatic nitrogens is 1. The van der Waals surface area contributed by atoms with Gasteiger partial charge in [-0.05, 0) is 58.0 Å². The molecule has 2 aliphatic carbocycles. The zero-order valence-corrected chi connectivity index (χ0v) is 22.6. The maximum atomic E-state index is 9.60. The van der Waals surface area contributed by atoms with Gasteiger partial charge in [0, 0.05) is 22.0 Å². The van der Waals surface area contributed by atoms with Crippen LogP contribution in [0.2, 0.25) is 0 Å². The first-order valence-corrected chi connectivity index (χ1v) is 14.1. The lowest BCUT2D eigenvalue weighted by atomic mass is 9.66. The fraction of sp³-hybridized carbons (Fsp3) is 0.0526. The first kappa shape index (κ1) is 24.0. The first-order valence-electron chi connectivity index (χ1n) is 14.1. The van der Waals surface area contributed by atoms with Crippen LogP contribution >= 0.6 is 0 Å². The summed E-state index contributed by atoms with van der Waals surface area (Å²) in [6.07, 6.45) is 9.55. The van der Waals surface area contributed by atoms with Crippen molar-refractivity contribution in [1.29, 1.82) is 0 Å². The maximum absolute atomic E-state index is 9.60. The Kier molecular flexibility index (Phi) is 5.32. The van der Waals surface area contributed by atoms with E-state index in [0.717, 1.165) is 36.1 Å². The molecule has 0 saturated heterocycles. The molecule has 1 unspecified atom stereocenters. The van der Waals surface area contributed by atoms with E-state index in [0.29, 0.717) is 0 Å². The Morgan fingerprint density at radius 3 is 2.32 bits per heavy atom. The molecular formula is C38H27BNO. The van der Waals surface area contributed by atoms with Crippen molar-refractivity contribution in [2.75, 3.05) is 0 Å². The molecule has 193 valence electrons. The van der Waals surface area contributed by atoms with Gasteiger partial charge in [0.25, 0.3) is 0 Å². The number of fused-ring (bicyclic) bond motifs is 11. The predicted octanol–water partition coefficient (Wildman–Crippen LogP) is 7.56. The molecule has 0 saturated carbocycles. The standard InChI is InChI=1S/C38H27BNO/c1-25-11-3-2-4-12-26-13-5-8-16-32(26)38(25)33-17-9-6-15-31(33)36-34(38)24-23-30-29-14-7-10-18-35(29)40(37(30)36)28-21-19-27(39-41)20-22-28/h2-11,13-24,41H,1,12H2/b4-2-,11-3-. The number of para-hydroxylation sites is 1. The van der Waals surface area contributed by atoms with Gasteiger partial charge in [-0.15, -0.1) is 0 Å². The fourth-order valence-electron chi connectivity index (χ4n) is 7.24. The largest absolute Gasteiger partial charge is 0.450 e. The number of nitrogens with zero attached hydrogens (tertiary/aromatic N) is 1. The van der Waals surface area contributed by atoms with E-state index in [1.54, 1.807) is 0 Å². The van der Waals surface area contributed by atoms with Crippen LogP contribution in [0.1, 0.15) is 22.3 Å². The van der Waals surface area contributed by atoms with Crippen LogP contribution in [0.4, 0.5) is 0 Å². The minimum absolute atomic E-state index is 0.518. The molecule has 0 aliphatic heterocycles. The Labute approximate surface area is 240 Å². The van der Waals surface area contributed by atoms with E-state index in [9.17, 15) is 5.02 Å². The summed E-state index contributed by atoms with van der Waals surface area (Å²) in [5, 5.41) is 12.0. The van der Waals surface area contributed by atoms with Gasteiger partial charge < -0.3 is 9.59 Å². The van der Waals surface area contributed by atoms with Crippen LogP contribution in [0.5, 0.6) is 0 Å². The van der Waals surface area contributed by atoms with E-state index in [1.165, 1.54) is 49.7 Å². The minimum Gasteiger partial charge on any atom is -0.450 e. The smallest absolute Gasteiger partial charge is 0.326 e. The van der Waals surface area contributed by atoms with Crippen molar-refractivity contribution in [3.63, 3.8) is 0 Å². The molecule has 8 rings (SSSR count).